The van der Waals surface area contributed by atoms with E-state index in [1.807, 2.05) is 12.4 Å². The van der Waals surface area contributed by atoms with Gasteiger partial charge in [0.05, 0.1) is 10.9 Å². The first-order chi connectivity index (χ1) is 10.8. The number of rotatable bonds is 2. The molecule has 3 heterocycles. The van der Waals surface area contributed by atoms with E-state index in [9.17, 15) is 0 Å². The Labute approximate surface area is 133 Å². The van der Waals surface area contributed by atoms with Crippen molar-refractivity contribution in [3.63, 3.8) is 0 Å². The summed E-state index contributed by atoms with van der Waals surface area (Å²) in [5.74, 6) is 0.767. The molecule has 1 spiro atoms. The van der Waals surface area contributed by atoms with E-state index in [2.05, 4.69) is 46.3 Å². The molecule has 0 bridgehead atoms. The molecule has 0 radical (unpaired) electrons. The molecule has 2 aliphatic rings. The molecule has 1 saturated carbocycles. The van der Waals surface area contributed by atoms with Gasteiger partial charge in [-0.05, 0) is 30.4 Å². The summed E-state index contributed by atoms with van der Waals surface area (Å²) in [6.07, 6.45) is 6.37. The fourth-order valence-corrected chi connectivity index (χ4v) is 4.94. The van der Waals surface area contributed by atoms with Gasteiger partial charge in [0.25, 0.3) is 0 Å². The van der Waals surface area contributed by atoms with Crippen LogP contribution in [0.25, 0.3) is 10.2 Å². The highest BCUT2D eigenvalue weighted by Gasteiger charge is 2.53. The zero-order chi connectivity index (χ0) is 14.6. The summed E-state index contributed by atoms with van der Waals surface area (Å²) in [7, 11) is 0. The van der Waals surface area contributed by atoms with E-state index in [4.69, 9.17) is 4.98 Å². The minimum absolute atomic E-state index is 0.552. The average molecular weight is 307 g/mol. The molecule has 0 atom stereocenters. The normalized spacial score (nSPS) is 20.1. The van der Waals surface area contributed by atoms with Crippen LogP contribution >= 0.6 is 11.3 Å². The molecular formula is C18H17N3S. The van der Waals surface area contributed by atoms with Crippen molar-refractivity contribution in [2.45, 2.75) is 18.8 Å². The number of aromatic nitrogens is 2. The van der Waals surface area contributed by atoms with Gasteiger partial charge >= 0.3 is 0 Å². The van der Waals surface area contributed by atoms with Crippen LogP contribution in [0.5, 0.6) is 0 Å². The highest BCUT2D eigenvalue weighted by Crippen LogP contribution is 2.57. The van der Waals surface area contributed by atoms with E-state index in [1.54, 1.807) is 11.3 Å². The van der Waals surface area contributed by atoms with Crippen LogP contribution in [0.3, 0.4) is 0 Å². The fourth-order valence-electron chi connectivity index (χ4n) is 4.01. The number of hydrogen-bond acceptors (Lipinski definition) is 4. The topological polar surface area (TPSA) is 29.0 Å². The predicted octanol–water partition coefficient (Wildman–Crippen LogP) is 4.08. The zero-order valence-electron chi connectivity index (χ0n) is 12.3. The van der Waals surface area contributed by atoms with E-state index in [1.165, 1.54) is 36.2 Å². The summed E-state index contributed by atoms with van der Waals surface area (Å²) in [6, 6.07) is 13.0. The lowest BCUT2D eigenvalue weighted by Gasteiger charge is -2.59. The Morgan fingerprint density at radius 3 is 2.68 bits per heavy atom. The predicted molar refractivity (Wildman–Crippen MR) is 90.5 cm³/mol. The van der Waals surface area contributed by atoms with Crippen LogP contribution in [0.1, 0.15) is 24.3 Å². The average Bonchev–Trinajstić information content (AvgIpc) is 2.89. The summed E-state index contributed by atoms with van der Waals surface area (Å²) in [4.78, 5) is 11.3. The van der Waals surface area contributed by atoms with Gasteiger partial charge in [-0.3, -0.25) is 4.98 Å². The van der Waals surface area contributed by atoms with Crippen molar-refractivity contribution in [3.8, 4) is 0 Å². The van der Waals surface area contributed by atoms with Gasteiger partial charge in [0.2, 0.25) is 0 Å². The monoisotopic (exact) mass is 307 g/mol. The fraction of sp³-hybridized carbons (Fsp3) is 0.333. The van der Waals surface area contributed by atoms with Gasteiger partial charge in [0.1, 0.15) is 5.52 Å². The van der Waals surface area contributed by atoms with Gasteiger partial charge in [0.15, 0.2) is 5.13 Å². The highest BCUT2D eigenvalue weighted by atomic mass is 32.1. The molecule has 0 amide bonds. The molecule has 2 fully saturated rings. The Kier molecular flexibility index (Phi) is 2.59. The van der Waals surface area contributed by atoms with Crippen molar-refractivity contribution >= 4 is 26.7 Å². The maximum Gasteiger partial charge on any atom is 0.186 e. The number of fused-ring (bicyclic) bond motifs is 1. The summed E-state index contributed by atoms with van der Waals surface area (Å²) >= 11 is 1.79. The molecule has 1 aromatic carbocycles. The molecule has 0 unspecified atom stereocenters. The van der Waals surface area contributed by atoms with Gasteiger partial charge in [-0.2, -0.15) is 0 Å². The van der Waals surface area contributed by atoms with Crippen LogP contribution in [0.4, 0.5) is 5.13 Å². The van der Waals surface area contributed by atoms with Gasteiger partial charge < -0.3 is 4.90 Å². The third-order valence-electron chi connectivity index (χ3n) is 5.13. The summed E-state index contributed by atoms with van der Waals surface area (Å²) in [5.41, 5.74) is 3.09. The first-order valence-corrected chi connectivity index (χ1v) is 8.64. The Morgan fingerprint density at radius 2 is 1.91 bits per heavy atom. The quantitative estimate of drug-likeness (QED) is 0.714. The lowest BCUT2D eigenvalue weighted by atomic mass is 9.56. The second kappa shape index (κ2) is 4.53. The minimum atomic E-state index is 0.552. The standard InChI is InChI=1S/C18H17N3S/c1-2-4-13(5-3-1)14-8-18(9-14)11-21(12-18)17-20-15-10-19-7-6-16(15)22-17/h1-7,10,14H,8-9,11-12H2. The van der Waals surface area contributed by atoms with Crippen molar-refractivity contribution in [1.29, 1.82) is 0 Å². The van der Waals surface area contributed by atoms with Gasteiger partial charge in [-0.25, -0.2) is 4.98 Å². The summed E-state index contributed by atoms with van der Waals surface area (Å²) in [6.45, 7) is 2.34. The first-order valence-electron chi connectivity index (χ1n) is 7.82. The third-order valence-corrected chi connectivity index (χ3v) is 6.23. The maximum absolute atomic E-state index is 4.72. The molecule has 0 N–H and O–H groups in total. The Morgan fingerprint density at radius 1 is 1.09 bits per heavy atom. The largest absolute Gasteiger partial charge is 0.347 e. The van der Waals surface area contributed by atoms with Crippen molar-refractivity contribution in [2.75, 3.05) is 18.0 Å². The minimum Gasteiger partial charge on any atom is -0.347 e. The highest BCUT2D eigenvalue weighted by molar-refractivity contribution is 7.22. The van der Waals surface area contributed by atoms with Gasteiger partial charge in [-0.15, -0.1) is 0 Å². The van der Waals surface area contributed by atoms with Gasteiger partial charge in [-0.1, -0.05) is 41.7 Å². The Balaban J connectivity index is 1.28. The van der Waals surface area contributed by atoms with Crippen LogP contribution in [0.2, 0.25) is 0 Å². The molecule has 2 aromatic heterocycles. The molecule has 1 aliphatic heterocycles. The van der Waals surface area contributed by atoms with Crippen LogP contribution in [-0.2, 0) is 0 Å². The van der Waals surface area contributed by atoms with Crippen molar-refractivity contribution in [3.05, 3.63) is 54.4 Å². The smallest absolute Gasteiger partial charge is 0.186 e. The van der Waals surface area contributed by atoms with Crippen molar-refractivity contribution in [2.24, 2.45) is 5.41 Å². The second-order valence-electron chi connectivity index (χ2n) is 6.71. The lowest BCUT2D eigenvalue weighted by molar-refractivity contribution is 0.0634. The van der Waals surface area contributed by atoms with E-state index in [0.29, 0.717) is 5.41 Å². The molecule has 1 saturated heterocycles. The second-order valence-corrected chi connectivity index (χ2v) is 7.72. The van der Waals surface area contributed by atoms with Crippen LogP contribution in [-0.4, -0.2) is 23.1 Å². The molecular weight excluding hydrogens is 290 g/mol. The lowest BCUT2D eigenvalue weighted by Crippen LogP contribution is -2.61. The molecule has 3 aromatic rings. The van der Waals surface area contributed by atoms with E-state index < -0.39 is 0 Å². The van der Waals surface area contributed by atoms with Crippen LogP contribution in [0.15, 0.2) is 48.8 Å². The number of anilines is 1. The third kappa shape index (κ3) is 1.87. The molecule has 1 aliphatic carbocycles. The zero-order valence-corrected chi connectivity index (χ0v) is 13.1. The number of hydrogen-bond donors (Lipinski definition) is 0. The molecule has 110 valence electrons. The van der Waals surface area contributed by atoms with Gasteiger partial charge in [0, 0.05) is 24.7 Å². The van der Waals surface area contributed by atoms with E-state index in [-0.39, 0.29) is 0 Å². The molecule has 5 rings (SSSR count). The molecule has 3 nitrogen and oxygen atoms in total. The number of nitrogens with zero attached hydrogens (tertiary/aromatic N) is 3. The number of thiazole rings is 1. The van der Waals surface area contributed by atoms with E-state index in [0.717, 1.165) is 16.6 Å². The van der Waals surface area contributed by atoms with Crippen LogP contribution < -0.4 is 4.90 Å². The Bertz CT molecular complexity index is 779. The van der Waals surface area contributed by atoms with Crippen LogP contribution in [0, 0.1) is 5.41 Å². The first kappa shape index (κ1) is 12.6. The SMILES string of the molecule is c1ccc(C2CC3(C2)CN(c2nc4cnccc4s2)C3)cc1. The maximum atomic E-state index is 4.72. The summed E-state index contributed by atoms with van der Waals surface area (Å²) < 4.78 is 1.24. The molecule has 4 heteroatoms. The molecule has 22 heavy (non-hydrogen) atoms. The van der Waals surface area contributed by atoms with Crippen molar-refractivity contribution < 1.29 is 0 Å². The number of pyridine rings is 1. The summed E-state index contributed by atoms with van der Waals surface area (Å²) in [5, 5.41) is 1.16. The Hall–Kier alpha value is -1.94. The van der Waals surface area contributed by atoms with E-state index >= 15 is 0 Å². The number of benzene rings is 1. The van der Waals surface area contributed by atoms with Crippen molar-refractivity contribution in [1.82, 2.24) is 9.97 Å².